The molecule has 1 saturated heterocycles. The molecule has 0 amide bonds. The summed E-state index contributed by atoms with van der Waals surface area (Å²) < 4.78 is 10.6. The maximum absolute atomic E-state index is 12.3. The van der Waals surface area contributed by atoms with Crippen molar-refractivity contribution in [3.05, 3.63) is 35.5 Å². The zero-order valence-electron chi connectivity index (χ0n) is 14.6. The minimum Gasteiger partial charge on any atom is -0.461 e. The van der Waals surface area contributed by atoms with E-state index in [1.807, 2.05) is 0 Å². The van der Waals surface area contributed by atoms with E-state index < -0.39 is 18.0 Å². The van der Waals surface area contributed by atoms with Gasteiger partial charge in [0, 0.05) is 23.5 Å². The highest BCUT2D eigenvalue weighted by Crippen LogP contribution is 2.33. The third-order valence-corrected chi connectivity index (χ3v) is 4.41. The molecule has 1 heterocycles. The van der Waals surface area contributed by atoms with Gasteiger partial charge in [-0.2, -0.15) is 0 Å². The van der Waals surface area contributed by atoms with Gasteiger partial charge in [0.25, 0.3) is 0 Å². The fraction of sp³-hybridized carbons (Fsp3) is 0.526. The first-order chi connectivity index (χ1) is 11.8. The number of fused-ring (bicyclic) bond motifs is 1. The summed E-state index contributed by atoms with van der Waals surface area (Å²) in [6.07, 6.45) is 3.97. The lowest BCUT2D eigenvalue weighted by Gasteiger charge is -2.18. The van der Waals surface area contributed by atoms with E-state index in [2.05, 4.69) is 6.58 Å². The molecule has 1 aliphatic heterocycles. The molecule has 6 heteroatoms. The van der Waals surface area contributed by atoms with Crippen molar-refractivity contribution in [3.8, 4) is 0 Å². The number of carbonyl (C=O) groups is 3. The quantitative estimate of drug-likeness (QED) is 0.474. The lowest BCUT2D eigenvalue weighted by molar-refractivity contribution is -0.146. The normalized spacial score (nSPS) is 28.6. The summed E-state index contributed by atoms with van der Waals surface area (Å²) in [5, 5.41) is 9.41. The minimum atomic E-state index is -0.602. The first kappa shape index (κ1) is 19.1. The fourth-order valence-corrected chi connectivity index (χ4v) is 2.82. The van der Waals surface area contributed by atoms with Crippen LogP contribution in [0.25, 0.3) is 0 Å². The summed E-state index contributed by atoms with van der Waals surface area (Å²) in [5.74, 6) is -1.73. The van der Waals surface area contributed by atoms with Crippen LogP contribution in [-0.4, -0.2) is 42.1 Å². The summed E-state index contributed by atoms with van der Waals surface area (Å²) in [7, 11) is 0. The number of ketones is 1. The minimum absolute atomic E-state index is 0.0528. The van der Waals surface area contributed by atoms with Crippen molar-refractivity contribution in [2.75, 3.05) is 13.2 Å². The number of aliphatic hydroxyl groups is 1. The number of hydrogen-bond donors (Lipinski definition) is 1. The Balaban J connectivity index is 2.25. The molecule has 6 nitrogen and oxygen atoms in total. The first-order valence-electron chi connectivity index (χ1n) is 8.42. The summed E-state index contributed by atoms with van der Waals surface area (Å²) in [5.41, 5.74) is 1.40. The number of allylic oxidation sites excluding steroid dienone is 1. The van der Waals surface area contributed by atoms with Crippen LogP contribution in [0.4, 0.5) is 0 Å². The summed E-state index contributed by atoms with van der Waals surface area (Å²) in [6.45, 7) is 7.00. The van der Waals surface area contributed by atoms with Crippen molar-refractivity contribution in [2.24, 2.45) is 11.8 Å². The second-order valence-electron chi connectivity index (χ2n) is 6.64. The number of Topliss-reactive ketones (excluding diaryl/α,β-unsaturated/α-hetero) is 1. The van der Waals surface area contributed by atoms with Gasteiger partial charge in [-0.05, 0) is 24.5 Å². The molecule has 1 N–H and O–H groups in total. The van der Waals surface area contributed by atoms with Crippen LogP contribution in [0.1, 0.15) is 33.1 Å². The molecule has 0 bridgehead atoms. The van der Waals surface area contributed by atoms with Crippen LogP contribution in [0.2, 0.25) is 0 Å². The standard InChI is InChI=1S/C19H24O6/c1-11(2)18(22)24-10-13-5-4-6-14(9-20)16(21)8-15-12(3)19(23)25-17(15)7-13/h6-7,11,15,17,20H,3-5,8-10H2,1-2H3/b13-7-,14-6+/t15-,17+/m0/s1. The molecule has 0 radical (unpaired) electrons. The lowest BCUT2D eigenvalue weighted by atomic mass is 9.87. The maximum atomic E-state index is 12.3. The van der Waals surface area contributed by atoms with Crippen molar-refractivity contribution in [1.82, 2.24) is 0 Å². The van der Waals surface area contributed by atoms with E-state index in [1.165, 1.54) is 0 Å². The lowest BCUT2D eigenvalue weighted by Crippen LogP contribution is -2.22. The van der Waals surface area contributed by atoms with Crippen LogP contribution in [0.5, 0.6) is 0 Å². The molecule has 2 rings (SSSR count). The van der Waals surface area contributed by atoms with Gasteiger partial charge in [-0.15, -0.1) is 0 Å². The van der Waals surface area contributed by atoms with E-state index in [9.17, 15) is 19.5 Å². The van der Waals surface area contributed by atoms with Crippen molar-refractivity contribution in [2.45, 2.75) is 39.2 Å². The van der Waals surface area contributed by atoms with Gasteiger partial charge in [0.2, 0.25) is 0 Å². The number of carbonyl (C=O) groups excluding carboxylic acids is 3. The van der Waals surface area contributed by atoms with Crippen LogP contribution in [-0.2, 0) is 23.9 Å². The Morgan fingerprint density at radius 2 is 2.16 bits per heavy atom. The van der Waals surface area contributed by atoms with Crippen LogP contribution >= 0.6 is 0 Å². The van der Waals surface area contributed by atoms with E-state index in [4.69, 9.17) is 9.47 Å². The summed E-state index contributed by atoms with van der Waals surface area (Å²) >= 11 is 0. The third-order valence-electron chi connectivity index (χ3n) is 4.41. The zero-order valence-corrected chi connectivity index (χ0v) is 14.6. The monoisotopic (exact) mass is 348 g/mol. The predicted octanol–water partition coefficient (Wildman–Crippen LogP) is 1.88. The number of esters is 2. The molecule has 25 heavy (non-hydrogen) atoms. The van der Waals surface area contributed by atoms with Gasteiger partial charge >= 0.3 is 11.9 Å². The summed E-state index contributed by atoms with van der Waals surface area (Å²) in [6, 6.07) is 0. The molecular formula is C19H24O6. The highest BCUT2D eigenvalue weighted by atomic mass is 16.6. The van der Waals surface area contributed by atoms with Gasteiger partial charge in [-0.25, -0.2) is 4.79 Å². The van der Waals surface area contributed by atoms with Crippen molar-refractivity contribution < 1.29 is 29.0 Å². The van der Waals surface area contributed by atoms with Crippen LogP contribution < -0.4 is 0 Å². The maximum Gasteiger partial charge on any atom is 0.334 e. The molecule has 0 aromatic carbocycles. The topological polar surface area (TPSA) is 89.9 Å². The van der Waals surface area contributed by atoms with Gasteiger partial charge in [0.15, 0.2) is 5.78 Å². The molecule has 2 aliphatic rings. The van der Waals surface area contributed by atoms with Crippen molar-refractivity contribution in [3.63, 3.8) is 0 Å². The molecule has 136 valence electrons. The van der Waals surface area contributed by atoms with E-state index in [0.717, 1.165) is 5.57 Å². The molecule has 1 fully saturated rings. The Bertz CT molecular complexity index is 640. The smallest absolute Gasteiger partial charge is 0.334 e. The van der Waals surface area contributed by atoms with Gasteiger partial charge in [0.1, 0.15) is 12.7 Å². The van der Waals surface area contributed by atoms with Crippen molar-refractivity contribution in [1.29, 1.82) is 0 Å². The Morgan fingerprint density at radius 1 is 1.44 bits per heavy atom. The molecule has 0 saturated carbocycles. The molecule has 0 unspecified atom stereocenters. The highest BCUT2D eigenvalue weighted by molar-refractivity contribution is 5.98. The Labute approximate surface area is 147 Å². The number of aliphatic hydroxyl groups excluding tert-OH is 1. The highest BCUT2D eigenvalue weighted by Gasteiger charge is 2.39. The average molecular weight is 348 g/mol. The number of hydrogen-bond acceptors (Lipinski definition) is 6. The van der Waals surface area contributed by atoms with E-state index in [0.29, 0.717) is 18.4 Å². The van der Waals surface area contributed by atoms with E-state index in [1.54, 1.807) is 26.0 Å². The number of ether oxygens (including phenoxy) is 2. The van der Waals surface area contributed by atoms with Crippen LogP contribution in [0.15, 0.2) is 35.5 Å². The predicted molar refractivity (Wildman–Crippen MR) is 90.4 cm³/mol. The van der Waals surface area contributed by atoms with Gasteiger partial charge in [-0.3, -0.25) is 9.59 Å². The summed E-state index contributed by atoms with van der Waals surface area (Å²) in [4.78, 5) is 35.8. The second-order valence-corrected chi connectivity index (χ2v) is 6.64. The molecule has 0 aromatic rings. The van der Waals surface area contributed by atoms with Crippen LogP contribution in [0.3, 0.4) is 0 Å². The van der Waals surface area contributed by atoms with E-state index >= 15 is 0 Å². The second kappa shape index (κ2) is 8.25. The number of rotatable bonds is 4. The average Bonchev–Trinajstić information content (AvgIpc) is 2.83. The largest absolute Gasteiger partial charge is 0.461 e. The van der Waals surface area contributed by atoms with Gasteiger partial charge in [0.05, 0.1) is 12.5 Å². The Kier molecular flexibility index (Phi) is 6.31. The van der Waals surface area contributed by atoms with Gasteiger partial charge < -0.3 is 14.6 Å². The molecule has 2 atom stereocenters. The van der Waals surface area contributed by atoms with Crippen molar-refractivity contribution >= 4 is 17.7 Å². The third kappa shape index (κ3) is 4.66. The SMILES string of the molecule is C=C1C(=O)O[C@@H]2/C=C(\COC(=O)C(C)C)CC/C=C(\CO)C(=O)C[C@@H]12. The fourth-order valence-electron chi connectivity index (χ4n) is 2.82. The molecule has 1 aliphatic carbocycles. The van der Waals surface area contributed by atoms with Gasteiger partial charge in [-0.1, -0.05) is 26.5 Å². The first-order valence-corrected chi connectivity index (χ1v) is 8.42. The molecule has 0 aromatic heterocycles. The zero-order chi connectivity index (χ0) is 18.6. The molecule has 0 spiro atoms. The van der Waals surface area contributed by atoms with Crippen LogP contribution in [0, 0.1) is 11.8 Å². The Morgan fingerprint density at radius 3 is 2.80 bits per heavy atom. The molecular weight excluding hydrogens is 324 g/mol. The van der Waals surface area contributed by atoms with E-state index in [-0.39, 0.29) is 42.9 Å². The Hall–Kier alpha value is -2.21.